The molecule has 0 bridgehead atoms. The fourth-order valence-corrected chi connectivity index (χ4v) is 0. The van der Waals surface area contributed by atoms with E-state index in [2.05, 4.69) is 0 Å². The molecule has 0 amide bonds. The summed E-state index contributed by atoms with van der Waals surface area (Å²) in [5.41, 5.74) is 0. The number of aliphatic hydroxyl groups is 1. The van der Waals surface area contributed by atoms with Crippen molar-refractivity contribution in [2.45, 2.75) is 6.92 Å². The van der Waals surface area contributed by atoms with Gasteiger partial charge in [-0.1, -0.05) is 0 Å². The van der Waals surface area contributed by atoms with Crippen LogP contribution in [0.1, 0.15) is 6.92 Å². The van der Waals surface area contributed by atoms with Crippen molar-refractivity contribution in [3.05, 3.63) is 0 Å². The lowest BCUT2D eigenvalue weighted by molar-refractivity contribution is 0.275. The second-order valence-electron chi connectivity index (χ2n) is 1.28. The first-order valence-corrected chi connectivity index (χ1v) is 5.47. The van der Waals surface area contributed by atoms with Gasteiger partial charge in [0.1, 0.15) is 0 Å². The fourth-order valence-electron chi connectivity index (χ4n) is 0. The van der Waals surface area contributed by atoms with Crippen molar-refractivity contribution in [1.29, 1.82) is 0 Å². The molecular formula is C2H11O9PS. The van der Waals surface area contributed by atoms with Gasteiger partial charge in [0.2, 0.25) is 0 Å². The summed E-state index contributed by atoms with van der Waals surface area (Å²) >= 11 is 0. The van der Waals surface area contributed by atoms with Crippen molar-refractivity contribution in [3.63, 3.8) is 0 Å². The molecule has 0 saturated carbocycles. The third kappa shape index (κ3) is 328000. The molecule has 0 aromatic heterocycles. The van der Waals surface area contributed by atoms with E-state index in [-0.39, 0.29) is 6.61 Å². The van der Waals surface area contributed by atoms with Crippen molar-refractivity contribution < 1.29 is 41.9 Å². The monoisotopic (exact) mass is 242 g/mol. The summed E-state index contributed by atoms with van der Waals surface area (Å²) in [6, 6.07) is 0. The second-order valence-corrected chi connectivity index (χ2v) is 3.20. The van der Waals surface area contributed by atoms with Crippen LogP contribution in [0.5, 0.6) is 0 Å². The average Bonchev–Trinajstić information content (AvgIpc) is 1.52. The number of rotatable bonds is 0. The fraction of sp³-hybridized carbons (Fsp3) is 1.00. The zero-order valence-corrected chi connectivity index (χ0v) is 8.18. The maximum atomic E-state index is 8.88. The van der Waals surface area contributed by atoms with Gasteiger partial charge in [-0.2, -0.15) is 8.42 Å². The minimum atomic E-state index is -4.67. The summed E-state index contributed by atoms with van der Waals surface area (Å²) in [5.74, 6) is 0. The lowest BCUT2D eigenvalue weighted by Gasteiger charge is -1.82. The normalized spacial score (nSPS) is 10.4. The van der Waals surface area contributed by atoms with Crippen molar-refractivity contribution in [2.24, 2.45) is 0 Å². The molecule has 13 heavy (non-hydrogen) atoms. The van der Waals surface area contributed by atoms with E-state index in [0.717, 1.165) is 0 Å². The van der Waals surface area contributed by atoms with Crippen LogP contribution in [-0.2, 0) is 15.0 Å². The Kier molecular flexibility index (Phi) is 12.3. The molecule has 0 aliphatic carbocycles. The average molecular weight is 242 g/mol. The largest absolute Gasteiger partial charge is 0.466 e. The minimum absolute atomic E-state index is 0.250. The van der Waals surface area contributed by atoms with Crippen molar-refractivity contribution in [2.75, 3.05) is 6.61 Å². The van der Waals surface area contributed by atoms with Gasteiger partial charge in [0.25, 0.3) is 0 Å². The highest BCUT2D eigenvalue weighted by Crippen LogP contribution is 2.25. The molecule has 0 unspecified atom stereocenters. The summed E-state index contributed by atoms with van der Waals surface area (Å²) in [5, 5.41) is 7.57. The summed E-state index contributed by atoms with van der Waals surface area (Å²) in [6.07, 6.45) is 0. The molecule has 0 saturated heterocycles. The summed E-state index contributed by atoms with van der Waals surface area (Å²) < 4.78 is 40.5. The molecule has 0 fully saturated rings. The van der Waals surface area contributed by atoms with Crippen LogP contribution in [0.2, 0.25) is 0 Å². The van der Waals surface area contributed by atoms with Gasteiger partial charge < -0.3 is 19.8 Å². The molecule has 0 aromatic rings. The second kappa shape index (κ2) is 8.53. The van der Waals surface area contributed by atoms with Gasteiger partial charge in [-0.3, -0.25) is 9.11 Å². The number of hydrogen-bond donors (Lipinski definition) is 6. The highest BCUT2D eigenvalue weighted by atomic mass is 32.3. The van der Waals surface area contributed by atoms with Crippen LogP contribution in [0, 0.1) is 0 Å². The van der Waals surface area contributed by atoms with E-state index in [1.807, 2.05) is 0 Å². The molecule has 0 aromatic carbocycles. The van der Waals surface area contributed by atoms with Crippen molar-refractivity contribution >= 4 is 18.2 Å². The van der Waals surface area contributed by atoms with E-state index in [1.165, 1.54) is 0 Å². The van der Waals surface area contributed by atoms with Gasteiger partial charge in [-0.25, -0.2) is 4.57 Å². The van der Waals surface area contributed by atoms with Crippen LogP contribution < -0.4 is 0 Å². The maximum Gasteiger partial charge on any atom is 0.466 e. The summed E-state index contributed by atoms with van der Waals surface area (Å²) in [7, 11) is -9.31. The van der Waals surface area contributed by atoms with Crippen LogP contribution >= 0.6 is 7.82 Å². The van der Waals surface area contributed by atoms with E-state index >= 15 is 0 Å². The molecule has 9 nitrogen and oxygen atoms in total. The Labute approximate surface area is 74.5 Å². The lowest BCUT2D eigenvalue weighted by atomic mass is 10.9. The molecule has 0 spiro atoms. The Morgan fingerprint density at radius 2 is 1.15 bits per heavy atom. The summed E-state index contributed by atoms with van der Waals surface area (Å²) in [4.78, 5) is 21.6. The Bertz CT molecular complexity index is 208. The molecule has 11 heteroatoms. The molecule has 0 radical (unpaired) electrons. The van der Waals surface area contributed by atoms with Crippen LogP contribution in [0.25, 0.3) is 0 Å². The molecule has 6 N–H and O–H groups in total. The highest BCUT2D eigenvalue weighted by Gasteiger charge is 2.00. The van der Waals surface area contributed by atoms with Crippen molar-refractivity contribution in [1.82, 2.24) is 0 Å². The first-order chi connectivity index (χ1) is 5.41. The maximum absolute atomic E-state index is 8.88. The third-order valence-corrected chi connectivity index (χ3v) is 0. The SMILES string of the molecule is CCO.O=P(O)(O)O.O=S(=O)(O)O. The molecule has 0 aliphatic heterocycles. The van der Waals surface area contributed by atoms with Gasteiger partial charge in [0, 0.05) is 6.61 Å². The zero-order chi connectivity index (χ0) is 11.7. The van der Waals surface area contributed by atoms with Gasteiger partial charge in [0.15, 0.2) is 0 Å². The topological polar surface area (TPSA) is 173 Å². The number of hydrogen-bond acceptors (Lipinski definition) is 4. The quantitative estimate of drug-likeness (QED) is 0.216. The smallest absolute Gasteiger partial charge is 0.397 e. The first kappa shape index (κ1) is 18.7. The van der Waals surface area contributed by atoms with Crippen LogP contribution in [0.3, 0.4) is 0 Å². The van der Waals surface area contributed by atoms with Gasteiger partial charge in [-0.15, -0.1) is 0 Å². The standard InChI is InChI=1S/C2H6O.H3O4P.H2O4S/c1-2-3;2*1-5(2,3)4/h3H,2H2,1H3;(H3,1,2,3,4);(H2,1,2,3,4). The van der Waals surface area contributed by atoms with E-state index in [1.54, 1.807) is 6.92 Å². The Morgan fingerprint density at radius 1 is 1.15 bits per heavy atom. The van der Waals surface area contributed by atoms with Gasteiger partial charge in [0.05, 0.1) is 0 Å². The highest BCUT2D eigenvalue weighted by molar-refractivity contribution is 7.79. The minimum Gasteiger partial charge on any atom is -0.397 e. The third-order valence-electron chi connectivity index (χ3n) is 0. The van der Waals surface area contributed by atoms with Gasteiger partial charge >= 0.3 is 18.2 Å². The lowest BCUT2D eigenvalue weighted by Crippen LogP contribution is -1.89. The van der Waals surface area contributed by atoms with Crippen molar-refractivity contribution in [3.8, 4) is 0 Å². The molecule has 0 rings (SSSR count). The van der Waals surface area contributed by atoms with E-state index in [4.69, 9.17) is 41.9 Å². The first-order valence-electron chi connectivity index (χ1n) is 2.50. The van der Waals surface area contributed by atoms with Gasteiger partial charge in [-0.05, 0) is 6.92 Å². The summed E-state index contributed by atoms with van der Waals surface area (Å²) in [6.45, 7) is 1.93. The van der Waals surface area contributed by atoms with E-state index < -0.39 is 18.2 Å². The van der Waals surface area contributed by atoms with Crippen LogP contribution in [0.4, 0.5) is 0 Å². The predicted octanol–water partition coefficient (Wildman–Crippen LogP) is -1.58. The molecule has 0 aliphatic rings. The predicted molar refractivity (Wildman–Crippen MR) is 41.2 cm³/mol. The molecule has 0 heterocycles. The van der Waals surface area contributed by atoms with Crippen LogP contribution in [0.15, 0.2) is 0 Å². The zero-order valence-electron chi connectivity index (χ0n) is 6.47. The molecule has 84 valence electrons. The Morgan fingerprint density at radius 3 is 1.15 bits per heavy atom. The van der Waals surface area contributed by atoms with E-state index in [0.29, 0.717) is 0 Å². The molecular weight excluding hydrogens is 231 g/mol. The Balaban J connectivity index is -0.000000120. The molecule has 0 atom stereocenters. The van der Waals surface area contributed by atoms with Crippen LogP contribution in [-0.4, -0.2) is 43.9 Å². The number of phosphoric acid groups is 1. The number of aliphatic hydroxyl groups excluding tert-OH is 1. The van der Waals surface area contributed by atoms with E-state index in [9.17, 15) is 0 Å². The Hall–Kier alpha value is -0.0600.